The molecule has 8 heteroatoms. The standard InChI is InChI=1S/2C13H10O4/c2*14-9-3-1-8(2-4-9)13(17)11-6-5-10(15)7-12(11)16/h2*1-7,14-16H. The van der Waals surface area contributed by atoms with Gasteiger partial charge >= 0.3 is 0 Å². The highest BCUT2D eigenvalue weighted by Gasteiger charge is 2.14. The molecule has 0 aliphatic heterocycles. The molecule has 0 saturated heterocycles. The van der Waals surface area contributed by atoms with Crippen LogP contribution in [0.25, 0.3) is 0 Å². The van der Waals surface area contributed by atoms with Gasteiger partial charge in [0.1, 0.15) is 34.5 Å². The van der Waals surface area contributed by atoms with Crippen molar-refractivity contribution >= 4 is 11.6 Å². The van der Waals surface area contributed by atoms with Crippen LogP contribution in [0.1, 0.15) is 31.8 Å². The van der Waals surface area contributed by atoms with Crippen LogP contribution < -0.4 is 0 Å². The van der Waals surface area contributed by atoms with E-state index in [2.05, 4.69) is 0 Å². The van der Waals surface area contributed by atoms with E-state index in [9.17, 15) is 19.8 Å². The summed E-state index contributed by atoms with van der Waals surface area (Å²) in [5.41, 5.74) is 0.912. The van der Waals surface area contributed by atoms with Gasteiger partial charge in [-0.05, 0) is 72.8 Å². The first-order chi connectivity index (χ1) is 16.2. The molecule has 0 atom stereocenters. The Morgan fingerprint density at radius 3 is 1.00 bits per heavy atom. The van der Waals surface area contributed by atoms with Crippen LogP contribution in [0.3, 0.4) is 0 Å². The molecule has 0 saturated carbocycles. The lowest BCUT2D eigenvalue weighted by Crippen LogP contribution is -2.01. The molecule has 0 aliphatic rings. The summed E-state index contributed by atoms with van der Waals surface area (Å²) in [5, 5.41) is 55.6. The number of phenolic OH excluding ortho intramolecular Hbond substituents is 6. The van der Waals surface area contributed by atoms with Gasteiger partial charge in [0.15, 0.2) is 11.6 Å². The predicted octanol–water partition coefficient (Wildman–Crippen LogP) is 4.07. The van der Waals surface area contributed by atoms with Crippen LogP contribution in [-0.2, 0) is 0 Å². The fraction of sp³-hybridized carbons (Fsp3) is 0. The molecule has 0 fully saturated rings. The van der Waals surface area contributed by atoms with Crippen molar-refractivity contribution in [1.29, 1.82) is 0 Å². The maximum atomic E-state index is 12.0. The van der Waals surface area contributed by atoms with E-state index in [-0.39, 0.29) is 57.2 Å². The predicted molar refractivity (Wildman–Crippen MR) is 123 cm³/mol. The van der Waals surface area contributed by atoms with E-state index < -0.39 is 0 Å². The molecule has 172 valence electrons. The topological polar surface area (TPSA) is 156 Å². The number of carbonyl (C=O) groups is 2. The molecule has 0 aromatic heterocycles. The summed E-state index contributed by atoms with van der Waals surface area (Å²) in [6, 6.07) is 19.0. The number of hydrogen-bond donors (Lipinski definition) is 6. The Balaban J connectivity index is 0.000000191. The van der Waals surface area contributed by atoms with E-state index in [0.717, 1.165) is 12.1 Å². The van der Waals surface area contributed by atoms with Crippen LogP contribution in [0, 0.1) is 0 Å². The molecule has 0 unspecified atom stereocenters. The van der Waals surface area contributed by atoms with E-state index in [1.165, 1.54) is 72.8 Å². The largest absolute Gasteiger partial charge is 0.508 e. The van der Waals surface area contributed by atoms with Crippen molar-refractivity contribution in [1.82, 2.24) is 0 Å². The quantitative estimate of drug-likeness (QED) is 0.249. The van der Waals surface area contributed by atoms with Crippen LogP contribution in [0.2, 0.25) is 0 Å². The van der Waals surface area contributed by atoms with Gasteiger partial charge in [-0.3, -0.25) is 9.59 Å². The molecule has 34 heavy (non-hydrogen) atoms. The van der Waals surface area contributed by atoms with Gasteiger partial charge in [-0.15, -0.1) is 0 Å². The molecule has 0 heterocycles. The van der Waals surface area contributed by atoms with Crippen LogP contribution in [0.15, 0.2) is 84.9 Å². The van der Waals surface area contributed by atoms with E-state index in [1.54, 1.807) is 0 Å². The van der Waals surface area contributed by atoms with Crippen molar-refractivity contribution in [3.8, 4) is 34.5 Å². The van der Waals surface area contributed by atoms with Crippen molar-refractivity contribution < 1.29 is 40.2 Å². The number of rotatable bonds is 4. The van der Waals surface area contributed by atoms with Gasteiger partial charge in [-0.25, -0.2) is 0 Å². The third-order valence-electron chi connectivity index (χ3n) is 4.71. The van der Waals surface area contributed by atoms with Gasteiger partial charge < -0.3 is 30.6 Å². The van der Waals surface area contributed by atoms with E-state index in [1.807, 2.05) is 0 Å². The number of benzene rings is 4. The third kappa shape index (κ3) is 5.63. The van der Waals surface area contributed by atoms with Gasteiger partial charge in [-0.1, -0.05) is 0 Å². The van der Waals surface area contributed by atoms with E-state index >= 15 is 0 Å². The Bertz CT molecular complexity index is 1220. The molecule has 4 rings (SSSR count). The van der Waals surface area contributed by atoms with Gasteiger partial charge in [0.05, 0.1) is 11.1 Å². The minimum absolute atomic E-state index is 0.0662. The summed E-state index contributed by atoms with van der Waals surface area (Å²) in [4.78, 5) is 23.9. The Kier molecular flexibility index (Phi) is 7.03. The lowest BCUT2D eigenvalue weighted by Gasteiger charge is -2.04. The van der Waals surface area contributed by atoms with Crippen molar-refractivity contribution in [2.24, 2.45) is 0 Å². The lowest BCUT2D eigenvalue weighted by atomic mass is 10.0. The zero-order valence-electron chi connectivity index (χ0n) is 17.6. The molecule has 0 radical (unpaired) electrons. The van der Waals surface area contributed by atoms with E-state index in [0.29, 0.717) is 11.1 Å². The average Bonchev–Trinajstić information content (AvgIpc) is 2.80. The summed E-state index contributed by atoms with van der Waals surface area (Å²) in [6.07, 6.45) is 0. The van der Waals surface area contributed by atoms with Gasteiger partial charge in [-0.2, -0.15) is 0 Å². The smallest absolute Gasteiger partial charge is 0.196 e. The SMILES string of the molecule is O=C(c1ccc(O)cc1)c1ccc(O)cc1O.O=C(c1ccc(O)cc1)c1ccc(O)cc1O. The number of ketones is 2. The molecule has 4 aromatic rings. The summed E-state index contributed by atoms with van der Waals surface area (Å²) in [7, 11) is 0. The molecule has 0 aliphatic carbocycles. The first-order valence-electron chi connectivity index (χ1n) is 9.87. The summed E-state index contributed by atoms with van der Waals surface area (Å²) in [6.45, 7) is 0. The van der Waals surface area contributed by atoms with Crippen molar-refractivity contribution in [3.63, 3.8) is 0 Å². The lowest BCUT2D eigenvalue weighted by molar-refractivity contribution is 0.102. The normalized spacial score (nSPS) is 10.1. The molecule has 8 nitrogen and oxygen atoms in total. The second kappa shape index (κ2) is 10.1. The van der Waals surface area contributed by atoms with Crippen LogP contribution in [0.5, 0.6) is 34.5 Å². The fourth-order valence-electron chi connectivity index (χ4n) is 2.96. The molecular formula is C26H20O8. The summed E-state index contributed by atoms with van der Waals surface area (Å²) >= 11 is 0. The number of phenols is 6. The van der Waals surface area contributed by atoms with Crippen molar-refractivity contribution in [2.45, 2.75) is 0 Å². The Hall–Kier alpha value is -4.98. The Morgan fingerprint density at radius 2 is 0.706 bits per heavy atom. The maximum Gasteiger partial charge on any atom is 0.196 e. The molecule has 6 N–H and O–H groups in total. The van der Waals surface area contributed by atoms with Gasteiger partial charge in [0.2, 0.25) is 0 Å². The molecule has 0 amide bonds. The minimum atomic E-state index is -0.373. The summed E-state index contributed by atoms with van der Waals surface area (Å²) in [5.74, 6) is -1.38. The average molecular weight is 460 g/mol. The Morgan fingerprint density at radius 1 is 0.412 bits per heavy atom. The fourth-order valence-corrected chi connectivity index (χ4v) is 2.96. The zero-order chi connectivity index (χ0) is 24.8. The molecular weight excluding hydrogens is 440 g/mol. The summed E-state index contributed by atoms with van der Waals surface area (Å²) < 4.78 is 0. The van der Waals surface area contributed by atoms with E-state index in [4.69, 9.17) is 20.4 Å². The number of hydrogen-bond acceptors (Lipinski definition) is 8. The zero-order valence-corrected chi connectivity index (χ0v) is 17.6. The van der Waals surface area contributed by atoms with Crippen LogP contribution in [0.4, 0.5) is 0 Å². The highest BCUT2D eigenvalue weighted by atomic mass is 16.3. The van der Waals surface area contributed by atoms with Crippen molar-refractivity contribution in [3.05, 3.63) is 107 Å². The van der Waals surface area contributed by atoms with Crippen LogP contribution >= 0.6 is 0 Å². The van der Waals surface area contributed by atoms with Crippen molar-refractivity contribution in [2.75, 3.05) is 0 Å². The molecule has 4 aromatic carbocycles. The maximum absolute atomic E-state index is 12.0. The first kappa shape index (κ1) is 23.7. The van der Waals surface area contributed by atoms with Crippen LogP contribution in [-0.4, -0.2) is 42.2 Å². The number of aromatic hydroxyl groups is 6. The highest BCUT2D eigenvalue weighted by molar-refractivity contribution is 6.11. The Labute approximate surface area is 193 Å². The molecule has 0 bridgehead atoms. The second-order valence-electron chi connectivity index (χ2n) is 7.15. The second-order valence-corrected chi connectivity index (χ2v) is 7.15. The highest BCUT2D eigenvalue weighted by Crippen LogP contribution is 2.26. The minimum Gasteiger partial charge on any atom is -0.508 e. The third-order valence-corrected chi connectivity index (χ3v) is 4.71. The van der Waals surface area contributed by atoms with Gasteiger partial charge in [0.25, 0.3) is 0 Å². The molecule has 0 spiro atoms. The first-order valence-corrected chi connectivity index (χ1v) is 9.87. The number of carbonyl (C=O) groups excluding carboxylic acids is 2. The monoisotopic (exact) mass is 460 g/mol. The van der Waals surface area contributed by atoms with Gasteiger partial charge in [0, 0.05) is 23.3 Å².